The van der Waals surface area contributed by atoms with Gasteiger partial charge in [-0.15, -0.1) is 0 Å². The van der Waals surface area contributed by atoms with E-state index in [9.17, 15) is 0 Å². The first-order chi connectivity index (χ1) is 24.2. The van der Waals surface area contributed by atoms with Crippen molar-refractivity contribution in [2.24, 2.45) is 0 Å². The second kappa shape index (κ2) is 19.1. The molecule has 2 aliphatic heterocycles. The number of hydrogen-bond acceptors (Lipinski definition) is 11. The summed E-state index contributed by atoms with van der Waals surface area (Å²) < 4.78 is 76.8. The molecule has 0 amide bonds. The van der Waals surface area contributed by atoms with Crippen molar-refractivity contribution in [2.75, 3.05) is 13.2 Å². The maximum atomic E-state index is 7.11. The highest BCUT2D eigenvalue weighted by Gasteiger charge is 2.55. The van der Waals surface area contributed by atoms with Crippen LogP contribution in [0.25, 0.3) is 0 Å². The molecule has 0 bridgehead atoms. The van der Waals surface area contributed by atoms with Crippen molar-refractivity contribution >= 4 is 66.5 Å². The van der Waals surface area contributed by atoms with Gasteiger partial charge in [-0.1, -0.05) is 0 Å². The van der Waals surface area contributed by atoms with E-state index in [0.717, 1.165) is 0 Å². The molecule has 0 radical (unpaired) electrons. The van der Waals surface area contributed by atoms with Gasteiger partial charge < -0.3 is 49.6 Å². The van der Waals surface area contributed by atoms with Gasteiger partial charge in [0.2, 0.25) is 0 Å². The lowest BCUT2D eigenvalue weighted by atomic mass is 9.98. The Labute approximate surface area is 346 Å². The normalized spacial score (nSPS) is 31.2. The van der Waals surface area contributed by atoms with Crippen LogP contribution in [0, 0.1) is 0 Å². The van der Waals surface area contributed by atoms with Crippen LogP contribution in [0.2, 0.25) is 157 Å². The van der Waals surface area contributed by atoms with Crippen molar-refractivity contribution in [3.8, 4) is 0 Å². The lowest BCUT2D eigenvalue weighted by Crippen LogP contribution is -2.68. The molecule has 2 heterocycles. The molecule has 0 N–H and O–H groups in total. The zero-order valence-corrected chi connectivity index (χ0v) is 47.7. The lowest BCUT2D eigenvalue weighted by Gasteiger charge is -2.53. The van der Waals surface area contributed by atoms with E-state index in [0.29, 0.717) is 6.61 Å². The third kappa shape index (κ3) is 20.6. The average Bonchev–Trinajstić information content (AvgIpc) is 2.87. The summed E-state index contributed by atoms with van der Waals surface area (Å²) in [4.78, 5) is 0. The molecule has 2 saturated heterocycles. The van der Waals surface area contributed by atoms with E-state index in [2.05, 4.69) is 157 Å². The van der Waals surface area contributed by atoms with Crippen LogP contribution in [0.1, 0.15) is 0 Å². The largest absolute Gasteiger partial charge is 0.415 e. The Bertz CT molecular complexity index is 1180. The molecule has 328 valence electrons. The highest BCUT2D eigenvalue weighted by molar-refractivity contribution is 6.72. The molecule has 10 atom stereocenters. The topological polar surface area (TPSA) is 102 Å². The Morgan fingerprint density at radius 1 is 0.291 bits per heavy atom. The molecule has 0 aromatic rings. The Balaban J connectivity index is 2.76. The highest BCUT2D eigenvalue weighted by Crippen LogP contribution is 2.38. The molecule has 55 heavy (non-hydrogen) atoms. The quantitative estimate of drug-likeness (QED) is 0.109. The molecule has 0 aliphatic carbocycles. The molecule has 0 spiro atoms. The van der Waals surface area contributed by atoms with Crippen LogP contribution in [0.15, 0.2) is 0 Å². The molecule has 19 heteroatoms. The van der Waals surface area contributed by atoms with Crippen LogP contribution in [-0.2, 0) is 49.6 Å². The van der Waals surface area contributed by atoms with E-state index in [1.807, 2.05) is 0 Å². The van der Waals surface area contributed by atoms with Crippen molar-refractivity contribution in [1.82, 2.24) is 0 Å². The van der Waals surface area contributed by atoms with Gasteiger partial charge in [0, 0.05) is 0 Å². The smallest absolute Gasteiger partial charge is 0.187 e. The summed E-state index contributed by atoms with van der Waals surface area (Å²) in [5.74, 6) is 0. The second-order valence-corrected chi connectivity index (χ2v) is 59.0. The fraction of sp³-hybridized carbons (Fsp3) is 1.00. The van der Waals surface area contributed by atoms with Gasteiger partial charge in [-0.3, -0.25) is 0 Å². The molecule has 0 aromatic carbocycles. The van der Waals surface area contributed by atoms with Gasteiger partial charge in [0.05, 0.1) is 13.2 Å². The summed E-state index contributed by atoms with van der Waals surface area (Å²) in [6.07, 6.45) is -5.02. The number of ether oxygens (including phenoxy) is 3. The highest BCUT2D eigenvalue weighted by atomic mass is 28.4. The monoisotopic (exact) mass is 918 g/mol. The zero-order valence-electron chi connectivity index (χ0n) is 39.7. The van der Waals surface area contributed by atoms with E-state index >= 15 is 0 Å². The van der Waals surface area contributed by atoms with Gasteiger partial charge >= 0.3 is 0 Å². The van der Waals surface area contributed by atoms with E-state index in [1.165, 1.54) is 0 Å². The Morgan fingerprint density at radius 3 is 0.891 bits per heavy atom. The first-order valence-corrected chi connectivity index (χ1v) is 47.8. The first kappa shape index (κ1) is 52.4. The van der Waals surface area contributed by atoms with Crippen LogP contribution in [0.4, 0.5) is 0 Å². The fourth-order valence-electron chi connectivity index (χ4n) is 6.38. The van der Waals surface area contributed by atoms with Crippen LogP contribution in [-0.4, -0.2) is 141 Å². The first-order valence-electron chi connectivity index (χ1n) is 20.5. The summed E-state index contributed by atoms with van der Waals surface area (Å²) in [5, 5.41) is 0. The molecule has 2 aliphatic rings. The predicted octanol–water partition coefficient (Wildman–Crippen LogP) is 9.48. The maximum Gasteiger partial charge on any atom is 0.187 e. The summed E-state index contributed by atoms with van der Waals surface area (Å²) in [6, 6.07) is 0. The van der Waals surface area contributed by atoms with Gasteiger partial charge in [0.1, 0.15) is 48.8 Å². The zero-order chi connectivity index (χ0) is 43.0. The molecule has 2 rings (SSSR count). The molecule has 0 unspecified atom stereocenters. The third-order valence-electron chi connectivity index (χ3n) is 7.70. The minimum Gasteiger partial charge on any atom is -0.415 e. The van der Waals surface area contributed by atoms with E-state index < -0.39 is 122 Å². The van der Waals surface area contributed by atoms with Gasteiger partial charge in [-0.2, -0.15) is 0 Å². The standard InChI is InChI=1S/C36H86O11Si8/c1-48(2,3)38-26-28-30(42-50(7,8)9)31(43-51(10,11)12)33(45-53(16,17)18)35(39-28)37-25-27-29(41-49(4,5)6)32(44-52(13,14)15)34(46-54(19,20)21)36(40-27)47-55(22,23)24/h27-36H,25-26H2,1-24H3/t27-,28-,29-,30-,31+,32+,33-,34-,35-,36-/m1/s1. The van der Waals surface area contributed by atoms with Crippen molar-refractivity contribution in [1.29, 1.82) is 0 Å². The minimum atomic E-state index is -2.17. The Hall–Kier alpha value is 1.30. The van der Waals surface area contributed by atoms with Gasteiger partial charge in [-0.25, -0.2) is 0 Å². The second-order valence-electron chi connectivity index (χ2n) is 23.2. The predicted molar refractivity (Wildman–Crippen MR) is 246 cm³/mol. The van der Waals surface area contributed by atoms with Gasteiger partial charge in [0.15, 0.2) is 79.1 Å². The molecular weight excluding hydrogens is 833 g/mol. The summed E-state index contributed by atoms with van der Waals surface area (Å²) in [6.45, 7) is 53.4. The van der Waals surface area contributed by atoms with Crippen molar-refractivity contribution in [3.05, 3.63) is 0 Å². The Morgan fingerprint density at radius 2 is 0.564 bits per heavy atom. The van der Waals surface area contributed by atoms with Crippen molar-refractivity contribution in [2.45, 2.75) is 219 Å². The van der Waals surface area contributed by atoms with E-state index in [1.54, 1.807) is 0 Å². The SMILES string of the molecule is C[Si](C)(C)OC[C@H]1O[C@@H](OC[C@H]2O[C@H](O[Si](C)(C)C)[C@H](O[Si](C)(C)C)[C@@H](O[Si](C)(C)C)[C@@H]2O[Si](C)(C)C)[C@H](O[Si](C)(C)C)[C@@H](O[Si](C)(C)C)[C@@H]1O[Si](C)(C)C. The van der Waals surface area contributed by atoms with Gasteiger partial charge in [-0.05, 0) is 157 Å². The average molecular weight is 920 g/mol. The molecule has 0 aromatic heterocycles. The number of hydrogen-bond donors (Lipinski definition) is 0. The van der Waals surface area contributed by atoms with Crippen LogP contribution < -0.4 is 0 Å². The Kier molecular flexibility index (Phi) is 18.2. The minimum absolute atomic E-state index is 0.170. The summed E-state index contributed by atoms with van der Waals surface area (Å²) in [7, 11) is -16.8. The lowest BCUT2D eigenvalue weighted by molar-refractivity contribution is -0.314. The fourth-order valence-corrected chi connectivity index (χ4v) is 14.4. The van der Waals surface area contributed by atoms with Gasteiger partial charge in [0.25, 0.3) is 0 Å². The van der Waals surface area contributed by atoms with Crippen molar-refractivity contribution in [3.63, 3.8) is 0 Å². The summed E-state index contributed by atoms with van der Waals surface area (Å²) >= 11 is 0. The van der Waals surface area contributed by atoms with E-state index in [-0.39, 0.29) is 12.7 Å². The maximum absolute atomic E-state index is 7.11. The molecular formula is C36H86O11Si8. The molecule has 11 nitrogen and oxygen atoms in total. The van der Waals surface area contributed by atoms with Crippen molar-refractivity contribution < 1.29 is 49.6 Å². The summed E-state index contributed by atoms with van der Waals surface area (Å²) in [5.41, 5.74) is 0. The van der Waals surface area contributed by atoms with Crippen LogP contribution >= 0.6 is 0 Å². The molecule has 2 fully saturated rings. The van der Waals surface area contributed by atoms with E-state index in [4.69, 9.17) is 49.6 Å². The molecule has 0 saturated carbocycles. The number of rotatable bonds is 20. The van der Waals surface area contributed by atoms with Crippen LogP contribution in [0.3, 0.4) is 0 Å². The van der Waals surface area contributed by atoms with Crippen LogP contribution in [0.5, 0.6) is 0 Å². The third-order valence-corrected chi connectivity index (χ3v) is 15.5.